The zero-order valence-corrected chi connectivity index (χ0v) is 32.5. The van der Waals surface area contributed by atoms with Crippen LogP contribution >= 0.6 is 0 Å². The summed E-state index contributed by atoms with van der Waals surface area (Å²) in [5, 5.41) is 2.33. The van der Waals surface area contributed by atoms with Crippen molar-refractivity contribution >= 4 is 10.8 Å². The Morgan fingerprint density at radius 1 is 0.317 bits per heavy atom. The molecule has 0 atom stereocenters. The third kappa shape index (κ3) is 5.28. The van der Waals surface area contributed by atoms with Gasteiger partial charge in [-0.2, -0.15) is 0 Å². The molecular formula is C56H35N3O. The van der Waals surface area contributed by atoms with E-state index in [4.69, 9.17) is 19.7 Å². The van der Waals surface area contributed by atoms with E-state index in [1.807, 2.05) is 30.3 Å². The number of benzene rings is 9. The summed E-state index contributed by atoms with van der Waals surface area (Å²) >= 11 is 0. The summed E-state index contributed by atoms with van der Waals surface area (Å²) in [6.07, 6.45) is 0. The maximum Gasteiger partial charge on any atom is 0.164 e. The molecule has 2 heterocycles. The molecule has 0 unspecified atom stereocenters. The van der Waals surface area contributed by atoms with Crippen molar-refractivity contribution in [3.05, 3.63) is 235 Å². The van der Waals surface area contributed by atoms with Crippen molar-refractivity contribution in [2.24, 2.45) is 0 Å². The molecule has 4 nitrogen and oxygen atoms in total. The summed E-state index contributed by atoms with van der Waals surface area (Å²) in [6.45, 7) is 0. The van der Waals surface area contributed by atoms with E-state index in [1.165, 1.54) is 44.3 Å². The van der Waals surface area contributed by atoms with Crippen LogP contribution in [0.15, 0.2) is 212 Å². The first kappa shape index (κ1) is 34.1. The second-order valence-electron chi connectivity index (χ2n) is 15.5. The lowest BCUT2D eigenvalue weighted by Gasteiger charge is -2.33. The van der Waals surface area contributed by atoms with E-state index in [9.17, 15) is 0 Å². The van der Waals surface area contributed by atoms with E-state index in [0.717, 1.165) is 50.3 Å². The van der Waals surface area contributed by atoms with Gasteiger partial charge in [0.05, 0.1) is 5.41 Å². The highest BCUT2D eigenvalue weighted by atomic mass is 16.5. The van der Waals surface area contributed by atoms with Crippen LogP contribution in [0.1, 0.15) is 22.3 Å². The number of fused-ring (bicyclic) bond motifs is 5. The highest BCUT2D eigenvalue weighted by Crippen LogP contribution is 2.56. The van der Waals surface area contributed by atoms with Crippen LogP contribution in [0.2, 0.25) is 0 Å². The van der Waals surface area contributed by atoms with Gasteiger partial charge in [0.1, 0.15) is 11.5 Å². The molecule has 4 heteroatoms. The van der Waals surface area contributed by atoms with Gasteiger partial charge in [-0.15, -0.1) is 0 Å². The predicted octanol–water partition coefficient (Wildman–Crippen LogP) is 13.8. The van der Waals surface area contributed by atoms with Gasteiger partial charge in [-0.1, -0.05) is 188 Å². The molecule has 0 bridgehead atoms. The number of hydrogen-bond donors (Lipinski definition) is 0. The molecule has 0 N–H and O–H groups in total. The lowest BCUT2D eigenvalue weighted by molar-refractivity contribution is 0.487. The lowest BCUT2D eigenvalue weighted by atomic mass is 9.67. The Morgan fingerprint density at radius 3 is 1.55 bits per heavy atom. The summed E-state index contributed by atoms with van der Waals surface area (Å²) < 4.78 is 6.38. The third-order valence-electron chi connectivity index (χ3n) is 12.2. The molecule has 0 saturated carbocycles. The topological polar surface area (TPSA) is 47.9 Å². The summed E-state index contributed by atoms with van der Waals surface area (Å²) in [6, 6.07) is 75.1. The average Bonchev–Trinajstić information content (AvgIpc) is 3.63. The van der Waals surface area contributed by atoms with Gasteiger partial charge in [-0.25, -0.2) is 15.0 Å². The smallest absolute Gasteiger partial charge is 0.164 e. The molecule has 0 fully saturated rings. The van der Waals surface area contributed by atoms with Gasteiger partial charge < -0.3 is 4.74 Å². The first-order valence-corrected chi connectivity index (χ1v) is 20.3. The van der Waals surface area contributed by atoms with Crippen LogP contribution in [0.5, 0.6) is 11.5 Å². The fourth-order valence-corrected chi connectivity index (χ4v) is 9.49. The second kappa shape index (κ2) is 13.6. The van der Waals surface area contributed by atoms with Crippen LogP contribution < -0.4 is 4.74 Å². The lowest BCUT2D eigenvalue weighted by Crippen LogP contribution is -2.28. The molecule has 1 aromatic heterocycles. The van der Waals surface area contributed by atoms with Crippen LogP contribution in [0.25, 0.3) is 78.3 Å². The minimum Gasteiger partial charge on any atom is -0.456 e. The molecule has 2 aliphatic rings. The van der Waals surface area contributed by atoms with E-state index in [-0.39, 0.29) is 0 Å². The molecule has 12 rings (SSSR count). The Bertz CT molecular complexity index is 3230. The third-order valence-corrected chi connectivity index (χ3v) is 12.2. The van der Waals surface area contributed by atoms with E-state index >= 15 is 0 Å². The molecule has 280 valence electrons. The Hall–Kier alpha value is -7.95. The number of rotatable bonds is 6. The largest absolute Gasteiger partial charge is 0.456 e. The number of aromatic nitrogens is 3. The van der Waals surface area contributed by atoms with Gasteiger partial charge in [0.15, 0.2) is 17.5 Å². The fourth-order valence-electron chi connectivity index (χ4n) is 9.49. The van der Waals surface area contributed by atoms with Gasteiger partial charge in [-0.05, 0) is 79.7 Å². The van der Waals surface area contributed by atoms with E-state index < -0.39 is 5.41 Å². The maximum absolute atomic E-state index is 6.38. The van der Waals surface area contributed by atoms with Gasteiger partial charge in [-0.3, -0.25) is 0 Å². The number of nitrogens with zero attached hydrogens (tertiary/aromatic N) is 3. The van der Waals surface area contributed by atoms with Crippen molar-refractivity contribution in [2.45, 2.75) is 5.41 Å². The Morgan fingerprint density at radius 2 is 0.833 bits per heavy atom. The minimum absolute atomic E-state index is 0.475. The van der Waals surface area contributed by atoms with E-state index in [0.29, 0.717) is 17.5 Å². The standard InChI is InChI=1S/C56H35N3O/c1-4-14-38(15-5-1)53-57-54(39-28-26-36(27-29-39)40-31-33-50-47(34-40)45-23-12-16-37-17-13-25-51(60-50)52(37)45)59-55(58-53)41-30-32-49-46(35-41)44-22-10-11-24-48(44)56(49,42-18-6-2-7-19-42)43-20-8-3-9-21-43/h1-35H. The van der Waals surface area contributed by atoms with E-state index in [2.05, 4.69) is 182 Å². The van der Waals surface area contributed by atoms with E-state index in [1.54, 1.807) is 0 Å². The molecular weight excluding hydrogens is 731 g/mol. The molecule has 9 aromatic carbocycles. The highest BCUT2D eigenvalue weighted by Gasteiger charge is 2.46. The predicted molar refractivity (Wildman–Crippen MR) is 242 cm³/mol. The maximum atomic E-state index is 6.38. The van der Waals surface area contributed by atoms with Gasteiger partial charge in [0.25, 0.3) is 0 Å². The van der Waals surface area contributed by atoms with Gasteiger partial charge in [0.2, 0.25) is 0 Å². The van der Waals surface area contributed by atoms with Gasteiger partial charge in [0, 0.05) is 27.6 Å². The summed E-state index contributed by atoms with van der Waals surface area (Å²) in [7, 11) is 0. The Labute approximate surface area is 348 Å². The van der Waals surface area contributed by atoms with Crippen molar-refractivity contribution in [3.63, 3.8) is 0 Å². The summed E-state index contributed by atoms with van der Waals surface area (Å²) in [4.78, 5) is 15.4. The van der Waals surface area contributed by atoms with Crippen molar-refractivity contribution in [3.8, 4) is 79.0 Å². The molecule has 1 aliphatic carbocycles. The summed E-state index contributed by atoms with van der Waals surface area (Å²) in [5.41, 5.74) is 14.2. The average molecular weight is 766 g/mol. The monoisotopic (exact) mass is 765 g/mol. The second-order valence-corrected chi connectivity index (χ2v) is 15.5. The molecule has 0 radical (unpaired) electrons. The molecule has 1 aliphatic heterocycles. The Kier molecular flexibility index (Phi) is 7.72. The van der Waals surface area contributed by atoms with Crippen LogP contribution in [0.4, 0.5) is 0 Å². The van der Waals surface area contributed by atoms with Crippen LogP contribution in [-0.4, -0.2) is 15.0 Å². The minimum atomic E-state index is -0.475. The van der Waals surface area contributed by atoms with Crippen LogP contribution in [0.3, 0.4) is 0 Å². The normalized spacial score (nSPS) is 12.9. The highest BCUT2D eigenvalue weighted by molar-refractivity contribution is 6.04. The first-order chi connectivity index (χ1) is 29.7. The molecule has 60 heavy (non-hydrogen) atoms. The first-order valence-electron chi connectivity index (χ1n) is 20.3. The van der Waals surface area contributed by atoms with Crippen molar-refractivity contribution in [1.82, 2.24) is 15.0 Å². The van der Waals surface area contributed by atoms with Crippen molar-refractivity contribution < 1.29 is 4.74 Å². The van der Waals surface area contributed by atoms with Crippen LogP contribution in [-0.2, 0) is 5.41 Å². The summed E-state index contributed by atoms with van der Waals surface area (Å²) in [5.74, 6) is 3.65. The fraction of sp³-hybridized carbons (Fsp3) is 0.0179. The number of ether oxygens (including phenoxy) is 1. The number of hydrogen-bond acceptors (Lipinski definition) is 4. The Balaban J connectivity index is 0.969. The van der Waals surface area contributed by atoms with Crippen LogP contribution in [0, 0.1) is 0 Å². The molecule has 0 amide bonds. The molecule has 0 saturated heterocycles. The zero-order valence-electron chi connectivity index (χ0n) is 32.5. The SMILES string of the molecule is c1ccc(-c2nc(-c3ccc(-c4ccc5c(c4)-c4cccc6cccc(c46)O5)cc3)nc(-c3ccc4c(c3)-c3ccccc3C4(c3ccccc3)c3ccccc3)n2)cc1. The quantitative estimate of drug-likeness (QED) is 0.169. The zero-order chi connectivity index (χ0) is 39.6. The van der Waals surface area contributed by atoms with Crippen molar-refractivity contribution in [2.75, 3.05) is 0 Å². The molecule has 0 spiro atoms. The molecule has 10 aromatic rings. The van der Waals surface area contributed by atoms with Crippen molar-refractivity contribution in [1.29, 1.82) is 0 Å². The van der Waals surface area contributed by atoms with Gasteiger partial charge >= 0.3 is 0 Å².